The maximum Gasteiger partial charge on any atom is 0.344 e. The molecular formula is C17H20N2O2. The second-order valence-corrected chi connectivity index (χ2v) is 6.11. The molecule has 0 fully saturated rings. The quantitative estimate of drug-likeness (QED) is 0.878. The van der Waals surface area contributed by atoms with Crippen LogP contribution in [0.15, 0.2) is 48.8 Å². The number of carbonyl (C=O) groups excluding carboxylic acids is 1. The monoisotopic (exact) mass is 284 g/mol. The Hall–Kier alpha value is -2.04. The number of hydrogen-bond acceptors (Lipinski definition) is 3. The average molecular weight is 284 g/mol. The van der Waals surface area contributed by atoms with Crippen LogP contribution in [0.25, 0.3) is 0 Å². The number of benzene rings is 1. The van der Waals surface area contributed by atoms with Crippen LogP contribution in [0.2, 0.25) is 0 Å². The molecular weight excluding hydrogens is 264 g/mol. The molecule has 0 aliphatic rings. The van der Waals surface area contributed by atoms with Gasteiger partial charge >= 0.3 is 5.91 Å². The van der Waals surface area contributed by atoms with E-state index in [0.29, 0.717) is 5.56 Å². The minimum atomic E-state index is -0.438. The molecule has 0 aliphatic carbocycles. The first-order chi connectivity index (χ1) is 9.88. The second-order valence-electron chi connectivity index (χ2n) is 6.11. The average Bonchev–Trinajstić information content (AvgIpc) is 2.46. The minimum absolute atomic E-state index is 0.0304. The first kappa shape index (κ1) is 15.4. The zero-order valence-electron chi connectivity index (χ0n) is 12.6. The molecule has 2 rings (SSSR count). The molecule has 0 saturated carbocycles. The summed E-state index contributed by atoms with van der Waals surface area (Å²) in [5, 5.41) is 11.6. The zero-order chi connectivity index (χ0) is 15.5. The maximum atomic E-state index is 12.1. The summed E-state index contributed by atoms with van der Waals surface area (Å²) in [5.74, 6) is -0.438. The molecule has 1 aromatic heterocycles. The van der Waals surface area contributed by atoms with E-state index in [1.54, 1.807) is 36.7 Å². The number of quaternary nitrogens is 1. The largest absolute Gasteiger partial charge is 0.626 e. The second kappa shape index (κ2) is 6.16. The lowest BCUT2D eigenvalue weighted by molar-refractivity contribution is -0.773. The van der Waals surface area contributed by atoms with Gasteiger partial charge in [0.15, 0.2) is 0 Å². The molecule has 0 radical (unpaired) electrons. The van der Waals surface area contributed by atoms with E-state index in [0.717, 1.165) is 11.1 Å². The summed E-state index contributed by atoms with van der Waals surface area (Å²) in [4.78, 5) is 16.0. The van der Waals surface area contributed by atoms with Gasteiger partial charge in [-0.1, -0.05) is 32.9 Å². The SMILES string of the molecule is CC(C)(C)c1ccc(C(=O)[NH+]([O-])Cc2ccncc2)cc1. The molecule has 0 aliphatic heterocycles. The maximum absolute atomic E-state index is 12.1. The molecule has 1 aromatic carbocycles. The molecule has 4 heteroatoms. The highest BCUT2D eigenvalue weighted by Crippen LogP contribution is 2.21. The number of pyridine rings is 1. The molecule has 1 amide bonds. The molecule has 1 atom stereocenters. The molecule has 0 saturated heterocycles. The van der Waals surface area contributed by atoms with Crippen LogP contribution in [0.3, 0.4) is 0 Å². The highest BCUT2D eigenvalue weighted by Gasteiger charge is 2.17. The van der Waals surface area contributed by atoms with Gasteiger partial charge in [-0.3, -0.25) is 4.98 Å². The van der Waals surface area contributed by atoms with Gasteiger partial charge in [0.25, 0.3) is 0 Å². The number of amides is 1. The van der Waals surface area contributed by atoms with Crippen molar-refractivity contribution in [2.75, 3.05) is 0 Å². The summed E-state index contributed by atoms with van der Waals surface area (Å²) < 4.78 is 0. The van der Waals surface area contributed by atoms with Gasteiger partial charge in [-0.25, -0.2) is 4.79 Å². The van der Waals surface area contributed by atoms with Crippen LogP contribution >= 0.6 is 0 Å². The van der Waals surface area contributed by atoms with Crippen LogP contribution in [-0.4, -0.2) is 10.9 Å². The minimum Gasteiger partial charge on any atom is -0.626 e. The van der Waals surface area contributed by atoms with Crippen molar-refractivity contribution in [2.24, 2.45) is 0 Å². The van der Waals surface area contributed by atoms with Crippen molar-refractivity contribution in [3.8, 4) is 0 Å². The van der Waals surface area contributed by atoms with Crippen LogP contribution in [0.5, 0.6) is 0 Å². The van der Waals surface area contributed by atoms with E-state index < -0.39 is 11.0 Å². The fourth-order valence-electron chi connectivity index (χ4n) is 2.05. The Bertz CT molecular complexity index is 601. The fraction of sp³-hybridized carbons (Fsp3) is 0.294. The van der Waals surface area contributed by atoms with E-state index in [-0.39, 0.29) is 12.0 Å². The van der Waals surface area contributed by atoms with Gasteiger partial charge in [-0.15, -0.1) is 0 Å². The van der Waals surface area contributed by atoms with Gasteiger partial charge in [0.1, 0.15) is 6.54 Å². The molecule has 2 aromatic rings. The van der Waals surface area contributed by atoms with E-state index in [1.165, 1.54) is 0 Å². The van der Waals surface area contributed by atoms with Gasteiger partial charge in [-0.2, -0.15) is 0 Å². The van der Waals surface area contributed by atoms with Crippen molar-refractivity contribution in [1.29, 1.82) is 0 Å². The number of aromatic nitrogens is 1. The topological polar surface area (TPSA) is 57.5 Å². The number of carbonyl (C=O) groups is 1. The predicted molar refractivity (Wildman–Crippen MR) is 81.7 cm³/mol. The van der Waals surface area contributed by atoms with Gasteiger partial charge in [0, 0.05) is 18.0 Å². The molecule has 0 spiro atoms. The number of hydroxylamine groups is 2. The Morgan fingerprint density at radius 1 is 1.10 bits per heavy atom. The number of rotatable bonds is 3. The van der Waals surface area contributed by atoms with Crippen molar-refractivity contribution >= 4 is 5.91 Å². The summed E-state index contributed by atoms with van der Waals surface area (Å²) in [7, 11) is 0. The summed E-state index contributed by atoms with van der Waals surface area (Å²) >= 11 is 0. The van der Waals surface area contributed by atoms with Crippen LogP contribution in [-0.2, 0) is 12.0 Å². The number of nitrogens with one attached hydrogen (secondary N) is 1. The highest BCUT2D eigenvalue weighted by molar-refractivity contribution is 5.87. The van der Waals surface area contributed by atoms with Gasteiger partial charge in [0.2, 0.25) is 0 Å². The molecule has 4 nitrogen and oxygen atoms in total. The zero-order valence-corrected chi connectivity index (χ0v) is 12.6. The summed E-state index contributed by atoms with van der Waals surface area (Å²) in [5.41, 5.74) is 2.42. The van der Waals surface area contributed by atoms with Gasteiger partial charge < -0.3 is 10.3 Å². The predicted octanol–water partition coefficient (Wildman–Crippen LogP) is 2.10. The van der Waals surface area contributed by atoms with E-state index in [4.69, 9.17) is 0 Å². The lowest BCUT2D eigenvalue weighted by Gasteiger charge is -2.21. The van der Waals surface area contributed by atoms with E-state index in [1.807, 2.05) is 12.1 Å². The van der Waals surface area contributed by atoms with Crippen molar-refractivity contribution in [3.63, 3.8) is 0 Å². The third-order valence-electron chi connectivity index (χ3n) is 3.38. The Balaban J connectivity index is 2.09. The molecule has 1 heterocycles. The molecule has 0 bridgehead atoms. The smallest absolute Gasteiger partial charge is 0.344 e. The Morgan fingerprint density at radius 3 is 2.19 bits per heavy atom. The molecule has 21 heavy (non-hydrogen) atoms. The van der Waals surface area contributed by atoms with E-state index >= 15 is 0 Å². The third kappa shape index (κ3) is 3.97. The van der Waals surface area contributed by atoms with Crippen LogP contribution in [0.4, 0.5) is 0 Å². The standard InChI is InChI=1S/C17H20N2O2/c1-17(2,3)15-6-4-14(5-7-15)16(20)19(21)12-13-8-10-18-11-9-13/h4-11,19H,12H2,1-3H3. The Labute approximate surface area is 125 Å². The van der Waals surface area contributed by atoms with E-state index in [2.05, 4.69) is 25.8 Å². The van der Waals surface area contributed by atoms with Crippen molar-refractivity contribution in [3.05, 3.63) is 70.7 Å². The van der Waals surface area contributed by atoms with Crippen LogP contribution in [0.1, 0.15) is 42.3 Å². The number of hydrogen-bond donors (Lipinski definition) is 1. The molecule has 110 valence electrons. The fourth-order valence-corrected chi connectivity index (χ4v) is 2.05. The Morgan fingerprint density at radius 2 is 1.67 bits per heavy atom. The lowest BCUT2D eigenvalue weighted by atomic mass is 9.86. The van der Waals surface area contributed by atoms with Gasteiger partial charge in [0.05, 0.1) is 5.56 Å². The van der Waals surface area contributed by atoms with Crippen molar-refractivity contribution in [2.45, 2.75) is 32.7 Å². The lowest BCUT2D eigenvalue weighted by Crippen LogP contribution is -3.08. The highest BCUT2D eigenvalue weighted by atomic mass is 16.5. The van der Waals surface area contributed by atoms with Crippen LogP contribution < -0.4 is 5.06 Å². The summed E-state index contributed by atoms with van der Waals surface area (Å²) in [6, 6.07) is 10.8. The normalized spacial score (nSPS) is 13.0. The molecule has 1 N–H and O–H groups in total. The van der Waals surface area contributed by atoms with E-state index in [9.17, 15) is 10.0 Å². The summed E-state index contributed by atoms with van der Waals surface area (Å²) in [6.07, 6.45) is 3.23. The molecule has 1 unspecified atom stereocenters. The van der Waals surface area contributed by atoms with Crippen molar-refractivity contribution in [1.82, 2.24) is 4.98 Å². The first-order valence-electron chi connectivity index (χ1n) is 6.95. The van der Waals surface area contributed by atoms with Gasteiger partial charge in [-0.05, 0) is 35.2 Å². The van der Waals surface area contributed by atoms with Crippen LogP contribution in [0, 0.1) is 5.21 Å². The Kier molecular flexibility index (Phi) is 4.50. The summed E-state index contributed by atoms with van der Waals surface area (Å²) in [6.45, 7) is 6.44. The van der Waals surface area contributed by atoms with Crippen molar-refractivity contribution < 1.29 is 9.86 Å². The number of nitrogens with zero attached hydrogens (tertiary/aromatic N) is 1. The first-order valence-corrected chi connectivity index (χ1v) is 6.95. The third-order valence-corrected chi connectivity index (χ3v) is 3.38.